The lowest BCUT2D eigenvalue weighted by Gasteiger charge is -2.54. The van der Waals surface area contributed by atoms with Crippen LogP contribution in [0.3, 0.4) is 0 Å². The SMILES string of the molecule is C#CC1(O)C=C2CC[C@@H]3[C@H](C(=C)C[C@]4(CC)C(=O)CC[C@@H]34)[C@H]2CC1. The number of rotatable bonds is 1. The number of carbonyl (C=O) groups excluding carboxylic acids is 1. The highest BCUT2D eigenvalue weighted by atomic mass is 16.3. The van der Waals surface area contributed by atoms with Crippen molar-refractivity contribution in [3.63, 3.8) is 0 Å². The maximum atomic E-state index is 12.7. The van der Waals surface area contributed by atoms with Crippen LogP contribution in [0.5, 0.6) is 0 Å². The van der Waals surface area contributed by atoms with Crippen molar-refractivity contribution >= 4 is 5.78 Å². The summed E-state index contributed by atoms with van der Waals surface area (Å²) in [5.74, 6) is 5.16. The minimum atomic E-state index is -1.05. The summed E-state index contributed by atoms with van der Waals surface area (Å²) in [5.41, 5.74) is 1.46. The first-order valence-corrected chi connectivity index (χ1v) is 9.57. The van der Waals surface area contributed by atoms with Crippen LogP contribution in [-0.4, -0.2) is 16.5 Å². The highest BCUT2D eigenvalue weighted by molar-refractivity contribution is 5.88. The second kappa shape index (κ2) is 5.33. The average Bonchev–Trinajstić information content (AvgIpc) is 2.91. The third-order valence-corrected chi connectivity index (χ3v) is 7.76. The van der Waals surface area contributed by atoms with Gasteiger partial charge in [0, 0.05) is 11.8 Å². The molecule has 0 aromatic rings. The maximum Gasteiger partial charge on any atom is 0.144 e. The van der Waals surface area contributed by atoms with E-state index < -0.39 is 5.60 Å². The van der Waals surface area contributed by atoms with E-state index in [1.54, 1.807) is 0 Å². The predicted molar refractivity (Wildman–Crippen MR) is 95.0 cm³/mol. The average molecular weight is 324 g/mol. The Bertz CT molecular complexity index is 666. The molecule has 0 aliphatic heterocycles. The number of allylic oxidation sites excluding steroid dienone is 2. The van der Waals surface area contributed by atoms with Crippen LogP contribution in [-0.2, 0) is 4.79 Å². The lowest BCUT2D eigenvalue weighted by atomic mass is 9.49. The van der Waals surface area contributed by atoms with Gasteiger partial charge >= 0.3 is 0 Å². The molecule has 0 saturated heterocycles. The molecule has 1 N–H and O–H groups in total. The molecule has 0 aromatic carbocycles. The Morgan fingerprint density at radius 1 is 1.38 bits per heavy atom. The number of hydrogen-bond donors (Lipinski definition) is 1. The molecule has 0 heterocycles. The quantitative estimate of drug-likeness (QED) is 0.583. The summed E-state index contributed by atoms with van der Waals surface area (Å²) in [6, 6.07) is 0. The van der Waals surface area contributed by atoms with E-state index in [4.69, 9.17) is 6.42 Å². The molecule has 0 amide bonds. The van der Waals surface area contributed by atoms with Crippen molar-refractivity contribution in [3.8, 4) is 12.3 Å². The Morgan fingerprint density at radius 3 is 2.88 bits per heavy atom. The Labute approximate surface area is 145 Å². The first kappa shape index (κ1) is 16.2. The largest absolute Gasteiger partial charge is 0.374 e. The number of fused-ring (bicyclic) bond motifs is 5. The molecule has 2 heteroatoms. The van der Waals surface area contributed by atoms with Crippen LogP contribution in [0.4, 0.5) is 0 Å². The van der Waals surface area contributed by atoms with Crippen LogP contribution in [0.15, 0.2) is 23.8 Å². The summed E-state index contributed by atoms with van der Waals surface area (Å²) < 4.78 is 0. The van der Waals surface area contributed by atoms with Crippen molar-refractivity contribution in [2.45, 2.75) is 63.9 Å². The Morgan fingerprint density at radius 2 is 2.17 bits per heavy atom. The molecular formula is C22H28O2. The summed E-state index contributed by atoms with van der Waals surface area (Å²) in [6.45, 7) is 6.64. The van der Waals surface area contributed by atoms with E-state index in [1.807, 2.05) is 6.08 Å². The first-order valence-electron chi connectivity index (χ1n) is 9.57. The summed E-state index contributed by atoms with van der Waals surface area (Å²) in [4.78, 5) is 12.7. The molecule has 1 unspecified atom stereocenters. The van der Waals surface area contributed by atoms with Gasteiger partial charge < -0.3 is 5.11 Å². The smallest absolute Gasteiger partial charge is 0.144 e. The minimum absolute atomic E-state index is 0.117. The van der Waals surface area contributed by atoms with Crippen molar-refractivity contribution in [1.29, 1.82) is 0 Å². The van der Waals surface area contributed by atoms with Crippen molar-refractivity contribution in [1.82, 2.24) is 0 Å². The van der Waals surface area contributed by atoms with E-state index in [0.717, 1.165) is 44.9 Å². The highest BCUT2D eigenvalue weighted by Crippen LogP contribution is 2.63. The summed E-state index contributed by atoms with van der Waals surface area (Å²) in [5, 5.41) is 10.5. The summed E-state index contributed by atoms with van der Waals surface area (Å²) >= 11 is 0. The van der Waals surface area contributed by atoms with Gasteiger partial charge in [-0.1, -0.05) is 30.6 Å². The maximum absolute atomic E-state index is 12.7. The monoisotopic (exact) mass is 324 g/mol. The van der Waals surface area contributed by atoms with E-state index in [9.17, 15) is 9.90 Å². The molecule has 0 bridgehead atoms. The van der Waals surface area contributed by atoms with Crippen LogP contribution < -0.4 is 0 Å². The van der Waals surface area contributed by atoms with Gasteiger partial charge in [0.1, 0.15) is 11.4 Å². The number of hydrogen-bond acceptors (Lipinski definition) is 2. The van der Waals surface area contributed by atoms with Crippen LogP contribution in [0.25, 0.3) is 0 Å². The number of carbonyl (C=O) groups is 1. The molecular weight excluding hydrogens is 296 g/mol. The summed E-state index contributed by atoms with van der Waals surface area (Å²) in [6.07, 6.45) is 14.9. The molecule has 3 saturated carbocycles. The lowest BCUT2D eigenvalue weighted by molar-refractivity contribution is -0.130. The van der Waals surface area contributed by atoms with Crippen molar-refractivity contribution in [2.24, 2.45) is 29.1 Å². The third-order valence-electron chi connectivity index (χ3n) is 7.76. The van der Waals surface area contributed by atoms with Gasteiger partial charge in [0.2, 0.25) is 0 Å². The van der Waals surface area contributed by atoms with Crippen LogP contribution in [0, 0.1) is 41.4 Å². The van der Waals surface area contributed by atoms with Gasteiger partial charge in [0.25, 0.3) is 0 Å². The second-order valence-corrected chi connectivity index (χ2v) is 8.57. The molecule has 4 aliphatic carbocycles. The number of terminal acetylenes is 1. The fourth-order valence-electron chi connectivity index (χ4n) is 6.66. The van der Waals surface area contributed by atoms with Crippen LogP contribution in [0.2, 0.25) is 0 Å². The van der Waals surface area contributed by atoms with E-state index >= 15 is 0 Å². The molecule has 6 atom stereocenters. The molecule has 24 heavy (non-hydrogen) atoms. The Kier molecular flexibility index (Phi) is 3.59. The van der Waals surface area contributed by atoms with Crippen molar-refractivity contribution < 1.29 is 9.90 Å². The fraction of sp³-hybridized carbons (Fsp3) is 0.682. The summed E-state index contributed by atoms with van der Waals surface area (Å²) in [7, 11) is 0. The van der Waals surface area contributed by atoms with E-state index in [1.165, 1.54) is 11.1 Å². The molecule has 0 radical (unpaired) electrons. The Hall–Kier alpha value is -1.33. The number of ketones is 1. The number of aliphatic hydroxyl groups is 1. The van der Waals surface area contributed by atoms with Crippen molar-refractivity contribution in [3.05, 3.63) is 23.8 Å². The Balaban J connectivity index is 1.70. The molecule has 3 fully saturated rings. The standard InChI is InChI=1S/C22H28O2/c1-4-21(24)11-10-16-15(13-21)6-7-17-18-8-9-19(23)22(18,5-2)12-14(3)20(16)17/h1,13,16-18,20,24H,3,5-12H2,2H3/t16-,17-,18-,20+,21?,22-/m0/s1. The normalized spacial score (nSPS) is 47.3. The zero-order chi connectivity index (χ0) is 17.1. The van der Waals surface area contributed by atoms with Gasteiger partial charge in [-0.25, -0.2) is 0 Å². The van der Waals surface area contributed by atoms with Crippen LogP contribution in [0.1, 0.15) is 58.3 Å². The van der Waals surface area contributed by atoms with Gasteiger partial charge in [-0.15, -0.1) is 6.42 Å². The van der Waals surface area contributed by atoms with Crippen LogP contribution >= 0.6 is 0 Å². The predicted octanol–water partition coefficient (Wildman–Crippen LogP) is 4.05. The highest BCUT2D eigenvalue weighted by Gasteiger charge is 2.58. The van der Waals surface area contributed by atoms with Gasteiger partial charge in [-0.2, -0.15) is 0 Å². The number of Topliss-reactive ketones (excluding diaryl/α,β-unsaturated/α-hetero) is 1. The van der Waals surface area contributed by atoms with Gasteiger partial charge in [-0.05, 0) is 74.7 Å². The molecule has 0 aromatic heterocycles. The van der Waals surface area contributed by atoms with Gasteiger partial charge in [-0.3, -0.25) is 4.79 Å². The van der Waals surface area contributed by atoms with Gasteiger partial charge in [0.15, 0.2) is 0 Å². The minimum Gasteiger partial charge on any atom is -0.374 e. The molecule has 2 nitrogen and oxygen atoms in total. The van der Waals surface area contributed by atoms with Crippen molar-refractivity contribution in [2.75, 3.05) is 0 Å². The van der Waals surface area contributed by atoms with Gasteiger partial charge in [0.05, 0.1) is 0 Å². The zero-order valence-electron chi connectivity index (χ0n) is 14.7. The lowest BCUT2D eigenvalue weighted by Crippen LogP contribution is -2.49. The first-order chi connectivity index (χ1) is 11.4. The third kappa shape index (κ3) is 2.04. The molecule has 4 aliphatic rings. The molecule has 0 spiro atoms. The fourth-order valence-corrected chi connectivity index (χ4v) is 6.66. The van der Waals surface area contributed by atoms with E-state index in [0.29, 0.717) is 35.9 Å². The van der Waals surface area contributed by atoms with E-state index in [2.05, 4.69) is 19.4 Å². The topological polar surface area (TPSA) is 37.3 Å². The molecule has 128 valence electrons. The second-order valence-electron chi connectivity index (χ2n) is 8.57. The molecule has 4 rings (SSSR count). The van der Waals surface area contributed by atoms with E-state index in [-0.39, 0.29) is 5.41 Å². The zero-order valence-corrected chi connectivity index (χ0v) is 14.7.